The molecule has 0 saturated carbocycles. The zero-order valence-corrected chi connectivity index (χ0v) is 14.7. The molecule has 0 bridgehead atoms. The third kappa shape index (κ3) is 5.31. The number of Topliss-reactive ketones (excluding diaryl/α,β-unsaturated/α-hetero) is 1. The van der Waals surface area contributed by atoms with Gasteiger partial charge >= 0.3 is 12.2 Å². The Bertz CT molecular complexity index is 795. The Morgan fingerprint density at radius 3 is 2.07 bits per heavy atom. The van der Waals surface area contributed by atoms with E-state index in [2.05, 4.69) is 5.32 Å². The van der Waals surface area contributed by atoms with E-state index in [1.54, 1.807) is 0 Å². The van der Waals surface area contributed by atoms with Crippen molar-refractivity contribution in [2.45, 2.75) is 19.3 Å². The fourth-order valence-electron chi connectivity index (χ4n) is 2.67. The molecule has 0 radical (unpaired) electrons. The van der Waals surface area contributed by atoms with Crippen molar-refractivity contribution in [3.63, 3.8) is 0 Å². The van der Waals surface area contributed by atoms with Gasteiger partial charge < -0.3 is 14.8 Å². The summed E-state index contributed by atoms with van der Waals surface area (Å²) < 4.78 is 10.3. The van der Waals surface area contributed by atoms with Crippen molar-refractivity contribution in [1.82, 2.24) is 10.2 Å². The van der Waals surface area contributed by atoms with Crippen molar-refractivity contribution in [2.24, 2.45) is 0 Å². The molecule has 3 rings (SSSR count). The highest BCUT2D eigenvalue weighted by Gasteiger charge is 2.35. The van der Waals surface area contributed by atoms with E-state index in [-0.39, 0.29) is 32.1 Å². The molecule has 1 unspecified atom stereocenters. The van der Waals surface area contributed by atoms with Crippen molar-refractivity contribution >= 4 is 18.0 Å². The average molecular weight is 368 g/mol. The fourth-order valence-corrected chi connectivity index (χ4v) is 2.67. The molecule has 2 aromatic carbocycles. The van der Waals surface area contributed by atoms with E-state index < -0.39 is 18.2 Å². The second-order valence-electron chi connectivity index (χ2n) is 6.15. The molecule has 0 aliphatic carbocycles. The van der Waals surface area contributed by atoms with Crippen LogP contribution in [-0.2, 0) is 27.5 Å². The molecule has 140 valence electrons. The maximum Gasteiger partial charge on any atom is 0.410 e. The van der Waals surface area contributed by atoms with Gasteiger partial charge in [0, 0.05) is 0 Å². The predicted octanol–water partition coefficient (Wildman–Crippen LogP) is 2.50. The summed E-state index contributed by atoms with van der Waals surface area (Å²) in [5.41, 5.74) is 1.70. The van der Waals surface area contributed by atoms with Gasteiger partial charge in [-0.3, -0.25) is 9.69 Å². The van der Waals surface area contributed by atoms with Crippen molar-refractivity contribution in [1.29, 1.82) is 0 Å². The number of hydrogen-bond acceptors (Lipinski definition) is 5. The second-order valence-corrected chi connectivity index (χ2v) is 6.15. The summed E-state index contributed by atoms with van der Waals surface area (Å²) in [6.45, 7) is 0.197. The predicted molar refractivity (Wildman–Crippen MR) is 96.8 cm³/mol. The quantitative estimate of drug-likeness (QED) is 0.876. The molecule has 1 fully saturated rings. The second kappa shape index (κ2) is 8.84. The first kappa shape index (κ1) is 18.4. The maximum absolute atomic E-state index is 12.1. The number of nitrogens with one attached hydrogen (secondary N) is 1. The minimum Gasteiger partial charge on any atom is -0.445 e. The van der Waals surface area contributed by atoms with E-state index in [9.17, 15) is 14.4 Å². The summed E-state index contributed by atoms with van der Waals surface area (Å²) in [6.07, 6.45) is -1.29. The van der Waals surface area contributed by atoms with Crippen LogP contribution in [0.1, 0.15) is 11.1 Å². The van der Waals surface area contributed by atoms with Crippen molar-refractivity contribution in [3.05, 3.63) is 71.8 Å². The Morgan fingerprint density at radius 1 is 0.926 bits per heavy atom. The number of hydrogen-bond donors (Lipinski definition) is 1. The summed E-state index contributed by atoms with van der Waals surface area (Å²) in [5, 5.41) is 2.50. The Morgan fingerprint density at radius 2 is 1.48 bits per heavy atom. The molecular formula is C20H20N2O5. The van der Waals surface area contributed by atoms with Gasteiger partial charge in [0.1, 0.15) is 19.3 Å². The highest BCUT2D eigenvalue weighted by atomic mass is 16.6. The molecule has 0 spiro atoms. The topological polar surface area (TPSA) is 84.9 Å². The Balaban J connectivity index is 1.44. The number of nitrogens with zero attached hydrogens (tertiary/aromatic N) is 1. The monoisotopic (exact) mass is 368 g/mol. The van der Waals surface area contributed by atoms with Gasteiger partial charge in [-0.05, 0) is 11.1 Å². The number of carbonyl (C=O) groups is 3. The van der Waals surface area contributed by atoms with Gasteiger partial charge in [-0.2, -0.15) is 0 Å². The van der Waals surface area contributed by atoms with Gasteiger partial charge in [-0.1, -0.05) is 60.7 Å². The Labute approximate surface area is 156 Å². The lowest BCUT2D eigenvalue weighted by molar-refractivity contribution is -0.118. The molecule has 7 heteroatoms. The molecule has 1 heterocycles. The first-order chi connectivity index (χ1) is 13.1. The van der Waals surface area contributed by atoms with Gasteiger partial charge in [-0.15, -0.1) is 0 Å². The number of alkyl carbamates (subject to hydrolysis) is 1. The highest BCUT2D eigenvalue weighted by molar-refractivity contribution is 5.94. The number of carbonyl (C=O) groups excluding carboxylic acids is 3. The van der Waals surface area contributed by atoms with Crippen LogP contribution in [0.25, 0.3) is 0 Å². The molecule has 1 aliphatic heterocycles. The molecule has 27 heavy (non-hydrogen) atoms. The summed E-state index contributed by atoms with van der Waals surface area (Å²) in [4.78, 5) is 37.3. The molecule has 1 N–H and O–H groups in total. The SMILES string of the molecule is O=C(NC1CN(C(=O)OCc2ccccc2)CC1=O)OCc1ccccc1. The summed E-state index contributed by atoms with van der Waals surface area (Å²) in [7, 11) is 0. The van der Waals surface area contributed by atoms with Crippen LogP contribution in [0, 0.1) is 0 Å². The van der Waals surface area contributed by atoms with Crippen LogP contribution in [0.15, 0.2) is 60.7 Å². The molecule has 0 aromatic heterocycles. The van der Waals surface area contributed by atoms with Crippen LogP contribution in [-0.4, -0.2) is 42.0 Å². The first-order valence-corrected chi connectivity index (χ1v) is 8.57. The van der Waals surface area contributed by atoms with E-state index >= 15 is 0 Å². The van der Waals surface area contributed by atoms with Crippen molar-refractivity contribution < 1.29 is 23.9 Å². The van der Waals surface area contributed by atoms with Gasteiger partial charge in [-0.25, -0.2) is 9.59 Å². The summed E-state index contributed by atoms with van der Waals surface area (Å²) in [5.74, 6) is -0.261. The number of likely N-dealkylation sites (tertiary alicyclic amines) is 1. The number of rotatable bonds is 5. The standard InChI is InChI=1S/C20H20N2O5/c23-18-12-22(20(25)27-14-16-9-5-2-6-10-16)11-17(18)21-19(24)26-13-15-7-3-1-4-8-15/h1-10,17H,11-14H2,(H,21,24). The minimum absolute atomic E-state index is 0.0624. The van der Waals surface area contributed by atoms with Gasteiger partial charge in [0.2, 0.25) is 0 Å². The van der Waals surface area contributed by atoms with Gasteiger partial charge in [0.15, 0.2) is 5.78 Å². The van der Waals surface area contributed by atoms with E-state index in [4.69, 9.17) is 9.47 Å². The van der Waals surface area contributed by atoms with E-state index in [0.717, 1.165) is 11.1 Å². The summed E-state index contributed by atoms with van der Waals surface area (Å²) >= 11 is 0. The Kier molecular flexibility index (Phi) is 6.04. The average Bonchev–Trinajstić information content (AvgIpc) is 3.06. The third-order valence-corrected chi connectivity index (χ3v) is 4.11. The first-order valence-electron chi connectivity index (χ1n) is 8.57. The Hall–Kier alpha value is -3.35. The van der Waals surface area contributed by atoms with Crippen LogP contribution in [0.2, 0.25) is 0 Å². The lowest BCUT2D eigenvalue weighted by Crippen LogP contribution is -2.41. The lowest BCUT2D eigenvalue weighted by atomic mass is 10.2. The van der Waals surface area contributed by atoms with Crippen molar-refractivity contribution in [2.75, 3.05) is 13.1 Å². The molecule has 1 aliphatic rings. The smallest absolute Gasteiger partial charge is 0.410 e. The van der Waals surface area contributed by atoms with E-state index in [1.165, 1.54) is 4.90 Å². The van der Waals surface area contributed by atoms with Crippen LogP contribution >= 0.6 is 0 Å². The summed E-state index contributed by atoms with van der Waals surface area (Å²) in [6, 6.07) is 17.7. The number of benzene rings is 2. The van der Waals surface area contributed by atoms with Crippen LogP contribution in [0.3, 0.4) is 0 Å². The maximum atomic E-state index is 12.1. The zero-order valence-electron chi connectivity index (χ0n) is 14.7. The van der Waals surface area contributed by atoms with E-state index in [1.807, 2.05) is 60.7 Å². The number of ether oxygens (including phenoxy) is 2. The number of amides is 2. The third-order valence-electron chi connectivity index (χ3n) is 4.11. The fraction of sp³-hybridized carbons (Fsp3) is 0.250. The highest BCUT2D eigenvalue weighted by Crippen LogP contribution is 2.10. The van der Waals surface area contributed by atoms with Gasteiger partial charge in [0.05, 0.1) is 13.1 Å². The van der Waals surface area contributed by atoms with Gasteiger partial charge in [0.25, 0.3) is 0 Å². The molecule has 7 nitrogen and oxygen atoms in total. The van der Waals surface area contributed by atoms with E-state index in [0.29, 0.717) is 0 Å². The van der Waals surface area contributed by atoms with Crippen LogP contribution in [0.4, 0.5) is 9.59 Å². The van der Waals surface area contributed by atoms with Crippen LogP contribution in [0.5, 0.6) is 0 Å². The molecule has 2 amide bonds. The largest absolute Gasteiger partial charge is 0.445 e. The zero-order chi connectivity index (χ0) is 19.1. The van der Waals surface area contributed by atoms with Crippen LogP contribution < -0.4 is 5.32 Å². The molecular weight excluding hydrogens is 348 g/mol. The molecule has 1 saturated heterocycles. The minimum atomic E-state index is -0.794. The normalized spacial score (nSPS) is 16.1. The van der Waals surface area contributed by atoms with Crippen molar-refractivity contribution in [3.8, 4) is 0 Å². The lowest BCUT2D eigenvalue weighted by Gasteiger charge is -2.16. The number of ketones is 1. The molecule has 1 atom stereocenters. The molecule has 2 aromatic rings.